The van der Waals surface area contributed by atoms with Gasteiger partial charge in [-0.1, -0.05) is 18.2 Å². The molecule has 5 nitrogen and oxygen atoms in total. The Morgan fingerprint density at radius 1 is 1.32 bits per heavy atom. The van der Waals surface area contributed by atoms with Crippen molar-refractivity contribution in [2.24, 2.45) is 5.92 Å². The smallest absolute Gasteiger partial charge is 0.240 e. The van der Waals surface area contributed by atoms with Crippen LogP contribution in [0.5, 0.6) is 0 Å². The molecule has 1 fully saturated rings. The molecule has 0 radical (unpaired) electrons. The third-order valence-electron chi connectivity index (χ3n) is 3.22. The highest BCUT2D eigenvalue weighted by Crippen LogP contribution is 2.29. The van der Waals surface area contributed by atoms with Gasteiger partial charge in [0.1, 0.15) is 6.10 Å². The summed E-state index contributed by atoms with van der Waals surface area (Å²) in [7, 11) is 1.37. The predicted molar refractivity (Wildman–Crippen MR) is 68.5 cm³/mol. The van der Waals surface area contributed by atoms with Crippen LogP contribution in [0.1, 0.15) is 13.3 Å². The molecule has 1 aliphatic heterocycles. The van der Waals surface area contributed by atoms with E-state index in [4.69, 9.17) is 4.74 Å². The second-order valence-electron chi connectivity index (χ2n) is 4.48. The highest BCUT2D eigenvalue weighted by molar-refractivity contribution is 6.21. The van der Waals surface area contributed by atoms with E-state index in [1.54, 1.807) is 30.3 Å². The van der Waals surface area contributed by atoms with Crippen molar-refractivity contribution in [3.63, 3.8) is 0 Å². The number of hydrogen-bond acceptors (Lipinski definition) is 4. The molecule has 2 atom stereocenters. The number of rotatable bonds is 4. The second kappa shape index (κ2) is 5.32. The number of carbonyl (C=O) groups is 3. The summed E-state index contributed by atoms with van der Waals surface area (Å²) in [5.74, 6) is -1.65. The van der Waals surface area contributed by atoms with Crippen molar-refractivity contribution in [3.05, 3.63) is 30.3 Å². The van der Waals surface area contributed by atoms with Crippen LogP contribution in [0.15, 0.2) is 30.3 Å². The lowest BCUT2D eigenvalue weighted by atomic mass is 9.98. The lowest BCUT2D eigenvalue weighted by Gasteiger charge is -2.18. The molecule has 1 aliphatic rings. The molecule has 0 aliphatic carbocycles. The maximum atomic E-state index is 12.3. The Bertz CT molecular complexity index is 511. The molecule has 1 aromatic carbocycles. The van der Waals surface area contributed by atoms with Crippen LogP contribution in [-0.4, -0.2) is 30.8 Å². The Morgan fingerprint density at radius 3 is 2.47 bits per heavy atom. The number of imide groups is 1. The van der Waals surface area contributed by atoms with Crippen LogP contribution in [0.2, 0.25) is 0 Å². The molecule has 1 aromatic rings. The van der Waals surface area contributed by atoms with Crippen molar-refractivity contribution >= 4 is 23.3 Å². The quantitative estimate of drug-likeness (QED) is 0.763. The molecule has 0 N–H and O–H groups in total. The second-order valence-corrected chi connectivity index (χ2v) is 4.48. The van der Waals surface area contributed by atoms with Crippen LogP contribution in [0.4, 0.5) is 5.69 Å². The fourth-order valence-corrected chi connectivity index (χ4v) is 2.35. The van der Waals surface area contributed by atoms with Crippen LogP contribution >= 0.6 is 0 Å². The maximum Gasteiger partial charge on any atom is 0.240 e. The fraction of sp³-hybridized carbons (Fsp3) is 0.357. The summed E-state index contributed by atoms with van der Waals surface area (Å²) in [6, 6.07) is 8.69. The van der Waals surface area contributed by atoms with Gasteiger partial charge in [-0.3, -0.25) is 19.3 Å². The van der Waals surface area contributed by atoms with Gasteiger partial charge >= 0.3 is 0 Å². The topological polar surface area (TPSA) is 63.7 Å². The minimum atomic E-state index is -0.856. The van der Waals surface area contributed by atoms with Crippen LogP contribution in [0.25, 0.3) is 0 Å². The SMILES string of the molecule is CO[C@@H](C(C)=O)[C@@H]1CC(=O)N(c2ccccc2)C1=O. The summed E-state index contributed by atoms with van der Waals surface area (Å²) in [4.78, 5) is 36.8. The summed E-state index contributed by atoms with van der Waals surface area (Å²) in [6.07, 6.45) is -0.851. The number of amides is 2. The van der Waals surface area contributed by atoms with E-state index in [0.717, 1.165) is 4.90 Å². The van der Waals surface area contributed by atoms with E-state index in [2.05, 4.69) is 0 Å². The minimum Gasteiger partial charge on any atom is -0.373 e. The van der Waals surface area contributed by atoms with Gasteiger partial charge in [0, 0.05) is 13.5 Å². The van der Waals surface area contributed by atoms with Gasteiger partial charge in [-0.25, -0.2) is 0 Å². The average Bonchev–Trinajstić information content (AvgIpc) is 2.67. The Morgan fingerprint density at radius 2 is 1.95 bits per heavy atom. The van der Waals surface area contributed by atoms with Gasteiger partial charge in [-0.2, -0.15) is 0 Å². The van der Waals surface area contributed by atoms with Crippen molar-refractivity contribution in [1.29, 1.82) is 0 Å². The van der Waals surface area contributed by atoms with Gasteiger partial charge in [0.05, 0.1) is 11.6 Å². The van der Waals surface area contributed by atoms with Crippen LogP contribution in [0, 0.1) is 5.92 Å². The molecule has 19 heavy (non-hydrogen) atoms. The van der Waals surface area contributed by atoms with E-state index in [1.807, 2.05) is 0 Å². The molecular weight excluding hydrogens is 246 g/mol. The number of ketones is 1. The van der Waals surface area contributed by atoms with E-state index < -0.39 is 12.0 Å². The maximum absolute atomic E-state index is 12.3. The molecule has 100 valence electrons. The van der Waals surface area contributed by atoms with Crippen molar-refractivity contribution in [2.45, 2.75) is 19.4 Å². The van der Waals surface area contributed by atoms with Gasteiger partial charge in [-0.05, 0) is 19.1 Å². The van der Waals surface area contributed by atoms with E-state index in [9.17, 15) is 14.4 Å². The van der Waals surface area contributed by atoms with Crippen molar-refractivity contribution in [2.75, 3.05) is 12.0 Å². The van der Waals surface area contributed by atoms with E-state index in [0.29, 0.717) is 5.69 Å². The number of benzene rings is 1. The largest absolute Gasteiger partial charge is 0.373 e. The first-order valence-corrected chi connectivity index (χ1v) is 6.01. The Hall–Kier alpha value is -2.01. The zero-order valence-electron chi connectivity index (χ0n) is 10.8. The Labute approximate surface area is 111 Å². The Balaban J connectivity index is 2.29. The number of Topliss-reactive ketones (excluding diaryl/α,β-unsaturated/α-hetero) is 1. The lowest BCUT2D eigenvalue weighted by Crippen LogP contribution is -2.37. The molecule has 0 saturated carbocycles. The molecule has 2 rings (SSSR count). The van der Waals surface area contributed by atoms with E-state index in [1.165, 1.54) is 14.0 Å². The summed E-state index contributed by atoms with van der Waals surface area (Å²) in [6.45, 7) is 1.36. The van der Waals surface area contributed by atoms with Crippen LogP contribution in [0.3, 0.4) is 0 Å². The molecule has 1 saturated heterocycles. The zero-order valence-corrected chi connectivity index (χ0v) is 10.8. The monoisotopic (exact) mass is 261 g/mol. The molecular formula is C14H15NO4. The fourth-order valence-electron chi connectivity index (χ4n) is 2.35. The molecule has 0 unspecified atom stereocenters. The van der Waals surface area contributed by atoms with Gasteiger partial charge in [0.2, 0.25) is 11.8 Å². The highest BCUT2D eigenvalue weighted by Gasteiger charge is 2.45. The number of nitrogens with zero attached hydrogens (tertiary/aromatic N) is 1. The van der Waals surface area contributed by atoms with Crippen molar-refractivity contribution in [3.8, 4) is 0 Å². The molecule has 0 bridgehead atoms. The van der Waals surface area contributed by atoms with Crippen molar-refractivity contribution < 1.29 is 19.1 Å². The minimum absolute atomic E-state index is 0.00577. The number of para-hydroxylation sites is 1. The van der Waals surface area contributed by atoms with Crippen molar-refractivity contribution in [1.82, 2.24) is 0 Å². The van der Waals surface area contributed by atoms with Crippen LogP contribution < -0.4 is 4.90 Å². The number of carbonyl (C=O) groups excluding carboxylic acids is 3. The first kappa shape index (κ1) is 13.4. The van der Waals surface area contributed by atoms with Gasteiger partial charge in [0.15, 0.2) is 5.78 Å². The summed E-state index contributed by atoms with van der Waals surface area (Å²) >= 11 is 0. The zero-order chi connectivity index (χ0) is 14.0. The number of methoxy groups -OCH3 is 1. The van der Waals surface area contributed by atoms with Gasteiger partial charge < -0.3 is 4.74 Å². The van der Waals surface area contributed by atoms with Gasteiger partial charge in [0.25, 0.3) is 0 Å². The third kappa shape index (κ3) is 2.42. The van der Waals surface area contributed by atoms with Crippen LogP contribution in [-0.2, 0) is 19.1 Å². The number of ether oxygens (including phenoxy) is 1. The van der Waals surface area contributed by atoms with Gasteiger partial charge in [-0.15, -0.1) is 0 Å². The molecule has 2 amide bonds. The highest BCUT2D eigenvalue weighted by atomic mass is 16.5. The Kier molecular flexibility index (Phi) is 3.76. The lowest BCUT2D eigenvalue weighted by molar-refractivity contribution is -0.136. The molecule has 1 heterocycles. The summed E-state index contributed by atoms with van der Waals surface area (Å²) in [5, 5.41) is 0. The first-order valence-electron chi connectivity index (χ1n) is 6.01. The standard InChI is InChI=1S/C14H15NO4/c1-9(16)13(19-2)11-8-12(17)15(14(11)18)10-6-4-3-5-7-10/h3-7,11,13H,8H2,1-2H3/t11-,13-/m0/s1. The summed E-state index contributed by atoms with van der Waals surface area (Å²) in [5.41, 5.74) is 0.526. The molecule has 0 spiro atoms. The normalized spacial score (nSPS) is 20.7. The van der Waals surface area contributed by atoms with E-state index >= 15 is 0 Å². The van der Waals surface area contributed by atoms with E-state index in [-0.39, 0.29) is 24.0 Å². The predicted octanol–water partition coefficient (Wildman–Crippen LogP) is 1.17. The molecule has 0 aromatic heterocycles. The number of hydrogen-bond donors (Lipinski definition) is 0. The molecule has 5 heteroatoms. The average molecular weight is 261 g/mol. The summed E-state index contributed by atoms with van der Waals surface area (Å²) < 4.78 is 5.05. The first-order chi connectivity index (χ1) is 9.06. The number of anilines is 1. The third-order valence-corrected chi connectivity index (χ3v) is 3.22.